The molecule has 4 nitrogen and oxygen atoms in total. The molecule has 0 unspecified atom stereocenters. The minimum absolute atomic E-state index is 0.0161. The topological polar surface area (TPSA) is 63.1 Å². The van der Waals surface area contributed by atoms with Gasteiger partial charge in [0.2, 0.25) is 0 Å². The molecule has 0 aromatic rings. The van der Waals surface area contributed by atoms with E-state index in [1.807, 2.05) is 0 Å². The number of hydrogen-bond acceptors (Lipinski definition) is 4. The molecule has 0 bridgehead atoms. The molecular formula is C7H14N4. The highest BCUT2D eigenvalue weighted by molar-refractivity contribution is 5.89. The van der Waals surface area contributed by atoms with E-state index < -0.39 is 0 Å². The number of hydrogen-bond donors (Lipinski definition) is 1. The molecule has 1 atom stereocenters. The van der Waals surface area contributed by atoms with Gasteiger partial charge in [-0.2, -0.15) is 5.11 Å². The molecule has 62 valence electrons. The van der Waals surface area contributed by atoms with E-state index in [0.717, 1.165) is 0 Å². The van der Waals surface area contributed by atoms with Crippen LogP contribution in [-0.2, 0) is 0 Å². The Morgan fingerprint density at radius 2 is 2.09 bits per heavy atom. The fraction of sp³-hybridized carbons (Fsp3) is 0.857. The lowest BCUT2D eigenvalue weighted by molar-refractivity contribution is 0.380. The average molecular weight is 154 g/mol. The van der Waals surface area contributed by atoms with Crippen molar-refractivity contribution in [1.29, 1.82) is 0 Å². The molecule has 0 aromatic heterocycles. The van der Waals surface area contributed by atoms with Crippen LogP contribution in [0.15, 0.2) is 15.2 Å². The third-order valence-corrected chi connectivity index (χ3v) is 1.68. The molecule has 11 heavy (non-hydrogen) atoms. The first-order valence-electron chi connectivity index (χ1n) is 3.69. The van der Waals surface area contributed by atoms with E-state index in [1.165, 1.54) is 0 Å². The fourth-order valence-corrected chi connectivity index (χ4v) is 0.788. The summed E-state index contributed by atoms with van der Waals surface area (Å²) in [6, 6.07) is -0.103. The van der Waals surface area contributed by atoms with Crippen molar-refractivity contribution in [3.8, 4) is 0 Å². The van der Waals surface area contributed by atoms with Crippen molar-refractivity contribution in [3.05, 3.63) is 0 Å². The third-order valence-electron chi connectivity index (χ3n) is 1.68. The second-order valence-corrected chi connectivity index (χ2v) is 3.74. The monoisotopic (exact) mass is 154 g/mol. The van der Waals surface area contributed by atoms with Crippen LogP contribution in [0.1, 0.15) is 20.8 Å². The number of nitrogens with zero attached hydrogens (tertiary/aromatic N) is 3. The summed E-state index contributed by atoms with van der Waals surface area (Å²) in [5.74, 6) is 0.678. The van der Waals surface area contributed by atoms with E-state index in [9.17, 15) is 0 Å². The van der Waals surface area contributed by atoms with Crippen LogP contribution in [0.5, 0.6) is 0 Å². The molecular weight excluding hydrogens is 140 g/mol. The fourth-order valence-electron chi connectivity index (χ4n) is 0.788. The van der Waals surface area contributed by atoms with Gasteiger partial charge in [0.25, 0.3) is 0 Å². The van der Waals surface area contributed by atoms with Gasteiger partial charge in [-0.25, -0.2) is 4.99 Å². The number of aliphatic imine (C=N–C) groups is 1. The Morgan fingerprint density at radius 1 is 1.45 bits per heavy atom. The zero-order chi connectivity index (χ0) is 8.48. The molecule has 0 saturated carbocycles. The van der Waals surface area contributed by atoms with Crippen LogP contribution >= 0.6 is 0 Å². The zero-order valence-corrected chi connectivity index (χ0v) is 7.20. The van der Waals surface area contributed by atoms with Gasteiger partial charge in [0.05, 0.1) is 6.04 Å². The largest absolute Gasteiger partial charge is 0.321 e. The Labute approximate surface area is 66.6 Å². The predicted molar refractivity (Wildman–Crippen MR) is 44.6 cm³/mol. The van der Waals surface area contributed by atoms with Crippen LogP contribution in [0.4, 0.5) is 0 Å². The van der Waals surface area contributed by atoms with Crippen molar-refractivity contribution in [2.75, 3.05) is 6.67 Å². The molecule has 1 heterocycles. The van der Waals surface area contributed by atoms with Gasteiger partial charge in [-0.15, -0.1) is 5.11 Å². The SMILES string of the molecule is CC(C)(C)[C@H](N)C1=NCN=N1. The first kappa shape index (κ1) is 8.33. The molecule has 2 N–H and O–H groups in total. The molecule has 0 amide bonds. The van der Waals surface area contributed by atoms with E-state index in [4.69, 9.17) is 5.73 Å². The maximum absolute atomic E-state index is 5.87. The minimum atomic E-state index is -0.103. The summed E-state index contributed by atoms with van der Waals surface area (Å²) >= 11 is 0. The first-order chi connectivity index (χ1) is 5.02. The highest BCUT2D eigenvalue weighted by atomic mass is 15.3. The van der Waals surface area contributed by atoms with Crippen LogP contribution in [0, 0.1) is 5.41 Å². The van der Waals surface area contributed by atoms with Crippen LogP contribution in [0.2, 0.25) is 0 Å². The predicted octanol–water partition coefficient (Wildman–Crippen LogP) is 1.18. The summed E-state index contributed by atoms with van der Waals surface area (Å²) in [5, 5.41) is 7.59. The average Bonchev–Trinajstić information content (AvgIpc) is 2.34. The van der Waals surface area contributed by atoms with Gasteiger partial charge in [0.1, 0.15) is 0 Å². The van der Waals surface area contributed by atoms with Gasteiger partial charge >= 0.3 is 0 Å². The van der Waals surface area contributed by atoms with Crippen molar-refractivity contribution in [3.63, 3.8) is 0 Å². The van der Waals surface area contributed by atoms with E-state index >= 15 is 0 Å². The number of azo groups is 1. The normalized spacial score (nSPS) is 20.2. The van der Waals surface area contributed by atoms with Gasteiger partial charge in [-0.1, -0.05) is 20.8 Å². The van der Waals surface area contributed by atoms with Gasteiger partial charge < -0.3 is 5.73 Å². The zero-order valence-electron chi connectivity index (χ0n) is 7.20. The second kappa shape index (κ2) is 2.70. The van der Waals surface area contributed by atoms with E-state index in [2.05, 4.69) is 36.0 Å². The van der Waals surface area contributed by atoms with Crippen molar-refractivity contribution in [2.45, 2.75) is 26.8 Å². The van der Waals surface area contributed by atoms with Crippen LogP contribution < -0.4 is 5.73 Å². The maximum atomic E-state index is 5.87. The molecule has 0 aliphatic carbocycles. The second-order valence-electron chi connectivity index (χ2n) is 3.74. The van der Waals surface area contributed by atoms with Crippen LogP contribution in [0.3, 0.4) is 0 Å². The molecule has 0 saturated heterocycles. The van der Waals surface area contributed by atoms with Crippen molar-refractivity contribution < 1.29 is 0 Å². The summed E-state index contributed by atoms with van der Waals surface area (Å²) in [7, 11) is 0. The van der Waals surface area contributed by atoms with Gasteiger partial charge in [-0.05, 0) is 5.41 Å². The Bertz CT molecular complexity index is 199. The number of amidine groups is 1. The van der Waals surface area contributed by atoms with Crippen LogP contribution in [0.25, 0.3) is 0 Å². The van der Waals surface area contributed by atoms with Gasteiger partial charge in [0, 0.05) is 0 Å². The highest BCUT2D eigenvalue weighted by Crippen LogP contribution is 2.20. The maximum Gasteiger partial charge on any atom is 0.165 e. The highest BCUT2D eigenvalue weighted by Gasteiger charge is 2.26. The lowest BCUT2D eigenvalue weighted by Gasteiger charge is -2.24. The lowest BCUT2D eigenvalue weighted by Crippen LogP contribution is -2.40. The Kier molecular flexibility index (Phi) is 2.04. The molecule has 0 aromatic carbocycles. The van der Waals surface area contributed by atoms with E-state index in [-0.39, 0.29) is 11.5 Å². The third kappa shape index (κ3) is 1.83. The van der Waals surface area contributed by atoms with Crippen molar-refractivity contribution in [2.24, 2.45) is 26.4 Å². The molecule has 4 heteroatoms. The summed E-state index contributed by atoms with van der Waals surface area (Å²) in [4.78, 5) is 4.06. The number of rotatable bonds is 1. The minimum Gasteiger partial charge on any atom is -0.321 e. The standard InChI is InChI=1S/C7H14N4/c1-7(2,3)5(8)6-9-4-10-11-6/h5H,4,8H2,1-3H3/t5-/m1/s1. The quantitative estimate of drug-likeness (QED) is 0.605. The summed E-state index contributed by atoms with van der Waals surface area (Å²) in [5.41, 5.74) is 5.89. The van der Waals surface area contributed by atoms with Gasteiger partial charge in [0.15, 0.2) is 12.5 Å². The molecule has 1 aliphatic rings. The summed E-state index contributed by atoms with van der Waals surface area (Å²) in [6.45, 7) is 6.63. The Balaban J connectivity index is 2.68. The molecule has 0 spiro atoms. The smallest absolute Gasteiger partial charge is 0.165 e. The van der Waals surface area contributed by atoms with Crippen molar-refractivity contribution >= 4 is 5.84 Å². The Morgan fingerprint density at radius 3 is 2.45 bits per heavy atom. The van der Waals surface area contributed by atoms with E-state index in [0.29, 0.717) is 12.5 Å². The lowest BCUT2D eigenvalue weighted by atomic mass is 9.87. The van der Waals surface area contributed by atoms with Crippen LogP contribution in [-0.4, -0.2) is 18.5 Å². The first-order valence-corrected chi connectivity index (χ1v) is 3.69. The molecule has 1 aliphatic heterocycles. The molecule has 0 fully saturated rings. The Hall–Kier alpha value is -0.770. The molecule has 1 rings (SSSR count). The summed E-state index contributed by atoms with van der Waals surface area (Å²) in [6.07, 6.45) is 0. The van der Waals surface area contributed by atoms with E-state index in [1.54, 1.807) is 0 Å². The van der Waals surface area contributed by atoms with Gasteiger partial charge in [-0.3, -0.25) is 0 Å². The number of nitrogens with two attached hydrogens (primary N) is 1. The molecule has 0 radical (unpaired) electrons. The van der Waals surface area contributed by atoms with Crippen molar-refractivity contribution in [1.82, 2.24) is 0 Å². The summed E-state index contributed by atoms with van der Waals surface area (Å²) < 4.78 is 0.